The largest absolute Gasteiger partial charge is 0.376 e. The quantitative estimate of drug-likeness (QED) is 0.751. The van der Waals surface area contributed by atoms with Crippen LogP contribution < -0.4 is 10.6 Å². The Bertz CT molecular complexity index is 724. The van der Waals surface area contributed by atoms with E-state index in [1.165, 1.54) is 18.7 Å². The molecule has 2 saturated carbocycles. The van der Waals surface area contributed by atoms with Crippen molar-refractivity contribution in [3.8, 4) is 6.07 Å². The van der Waals surface area contributed by atoms with Gasteiger partial charge < -0.3 is 15.4 Å². The molecule has 3 rings (SSSR count). The molecule has 0 bridgehead atoms. The van der Waals surface area contributed by atoms with E-state index in [1.54, 1.807) is 6.07 Å². The van der Waals surface area contributed by atoms with Crippen molar-refractivity contribution in [3.05, 3.63) is 29.6 Å². The van der Waals surface area contributed by atoms with Crippen molar-refractivity contribution in [2.45, 2.75) is 70.1 Å². The fraction of sp³-hybridized carbons (Fsp3) is 0.619. The summed E-state index contributed by atoms with van der Waals surface area (Å²) < 4.78 is 5.95. The molecule has 2 fully saturated rings. The maximum absolute atomic E-state index is 12.7. The van der Waals surface area contributed by atoms with Gasteiger partial charge in [-0.3, -0.25) is 9.59 Å². The molecule has 1 heterocycles. The van der Waals surface area contributed by atoms with Crippen molar-refractivity contribution < 1.29 is 14.3 Å². The first-order valence-corrected chi connectivity index (χ1v) is 10.2. The fourth-order valence-corrected chi connectivity index (χ4v) is 3.72. The number of rotatable bonds is 7. The van der Waals surface area contributed by atoms with E-state index in [0.717, 1.165) is 32.1 Å². The van der Waals surface area contributed by atoms with Gasteiger partial charge in [0.05, 0.1) is 17.7 Å². The Hall–Kier alpha value is -2.46. The molecule has 0 saturated heterocycles. The van der Waals surface area contributed by atoms with Crippen LogP contribution in [0.1, 0.15) is 67.9 Å². The van der Waals surface area contributed by atoms with Gasteiger partial charge in [0.25, 0.3) is 5.91 Å². The second-order valence-electron chi connectivity index (χ2n) is 7.68. The number of carbonyl (C=O) groups excluding carboxylic acids is 2. The molecule has 1 aromatic rings. The van der Waals surface area contributed by atoms with Gasteiger partial charge in [-0.05, 0) is 57.1 Å². The molecule has 2 N–H and O–H groups in total. The first kappa shape index (κ1) is 20.3. The van der Waals surface area contributed by atoms with E-state index in [9.17, 15) is 9.59 Å². The van der Waals surface area contributed by atoms with Crippen LogP contribution in [0.25, 0.3) is 0 Å². The normalized spacial score (nSPS) is 24.6. The first-order chi connectivity index (χ1) is 13.6. The van der Waals surface area contributed by atoms with Gasteiger partial charge in [0.1, 0.15) is 11.8 Å². The number of hydrogen-bond acceptors (Lipinski definition) is 5. The van der Waals surface area contributed by atoms with Crippen LogP contribution >= 0.6 is 0 Å². The van der Waals surface area contributed by atoms with Crippen LogP contribution in [0.5, 0.6) is 0 Å². The molecule has 150 valence electrons. The van der Waals surface area contributed by atoms with Crippen molar-refractivity contribution in [1.82, 2.24) is 15.6 Å². The van der Waals surface area contributed by atoms with E-state index in [4.69, 9.17) is 10.00 Å². The molecular formula is C21H28N4O3. The minimum absolute atomic E-state index is 0.0945. The summed E-state index contributed by atoms with van der Waals surface area (Å²) in [5, 5.41) is 15.0. The number of aromatic nitrogens is 1. The lowest BCUT2D eigenvalue weighted by molar-refractivity contribution is -0.128. The van der Waals surface area contributed by atoms with Gasteiger partial charge in [-0.25, -0.2) is 4.98 Å². The van der Waals surface area contributed by atoms with Crippen LogP contribution in [0.15, 0.2) is 18.3 Å². The molecule has 7 nitrogen and oxygen atoms in total. The molecule has 0 radical (unpaired) electrons. The van der Waals surface area contributed by atoms with E-state index in [1.807, 2.05) is 13.0 Å². The average Bonchev–Trinajstić information content (AvgIpc) is 2.69. The molecule has 0 aliphatic heterocycles. The van der Waals surface area contributed by atoms with Gasteiger partial charge in [-0.2, -0.15) is 5.26 Å². The minimum atomic E-state index is -0.257. The van der Waals surface area contributed by atoms with E-state index in [-0.39, 0.29) is 35.6 Å². The van der Waals surface area contributed by atoms with Crippen molar-refractivity contribution in [1.29, 1.82) is 5.26 Å². The standard InChI is InChI=1S/C21H28N4O3/c1-2-10-28-19-9-7-14(20(26)24-16-4-3-5-16)11-18(19)25-21(27)15-6-8-17(12-22)23-13-15/h6,8,13-14,16,18-19H,2-5,7,9-11H2,1H3,(H,24,26)(H,25,27)/t14-,18+,19+/m0/s1. The van der Waals surface area contributed by atoms with Crippen LogP contribution in [-0.4, -0.2) is 41.6 Å². The summed E-state index contributed by atoms with van der Waals surface area (Å²) in [6, 6.07) is 5.15. The third-order valence-corrected chi connectivity index (χ3v) is 5.60. The monoisotopic (exact) mass is 384 g/mol. The zero-order valence-electron chi connectivity index (χ0n) is 16.3. The number of amides is 2. The van der Waals surface area contributed by atoms with Crippen LogP contribution in [0, 0.1) is 17.2 Å². The Morgan fingerprint density at radius 3 is 2.68 bits per heavy atom. The summed E-state index contributed by atoms with van der Waals surface area (Å²) >= 11 is 0. The van der Waals surface area contributed by atoms with E-state index < -0.39 is 0 Å². The third-order valence-electron chi connectivity index (χ3n) is 5.60. The molecule has 7 heteroatoms. The number of hydrogen-bond donors (Lipinski definition) is 2. The number of pyridine rings is 1. The van der Waals surface area contributed by atoms with Gasteiger partial charge in [-0.1, -0.05) is 6.92 Å². The van der Waals surface area contributed by atoms with Crippen LogP contribution in [0.4, 0.5) is 0 Å². The highest BCUT2D eigenvalue weighted by molar-refractivity contribution is 5.94. The molecule has 28 heavy (non-hydrogen) atoms. The summed E-state index contributed by atoms with van der Waals surface area (Å²) in [7, 11) is 0. The highest BCUT2D eigenvalue weighted by atomic mass is 16.5. The fourth-order valence-electron chi connectivity index (χ4n) is 3.72. The Kier molecular flexibility index (Phi) is 6.99. The zero-order valence-corrected chi connectivity index (χ0v) is 16.3. The molecule has 2 amide bonds. The average molecular weight is 384 g/mol. The van der Waals surface area contributed by atoms with Crippen LogP contribution in [-0.2, 0) is 9.53 Å². The molecule has 0 spiro atoms. The first-order valence-electron chi connectivity index (χ1n) is 10.2. The number of nitrogens with one attached hydrogen (secondary N) is 2. The third kappa shape index (κ3) is 5.08. The zero-order chi connectivity index (χ0) is 19.9. The SMILES string of the molecule is CCCO[C@@H]1CC[C@H](C(=O)NC2CCC2)C[C@H]1NC(=O)c1ccc(C#N)nc1. The van der Waals surface area contributed by atoms with Gasteiger partial charge >= 0.3 is 0 Å². The van der Waals surface area contributed by atoms with Crippen molar-refractivity contribution in [2.75, 3.05) is 6.61 Å². The number of carbonyl (C=O) groups is 2. The Morgan fingerprint density at radius 2 is 2.07 bits per heavy atom. The molecule has 2 aliphatic carbocycles. The molecular weight excluding hydrogens is 356 g/mol. The molecule has 0 unspecified atom stereocenters. The highest BCUT2D eigenvalue weighted by Gasteiger charge is 2.36. The summed E-state index contributed by atoms with van der Waals surface area (Å²) in [5.74, 6) is -0.267. The van der Waals surface area contributed by atoms with Crippen molar-refractivity contribution >= 4 is 11.8 Å². The Labute approximate surface area is 165 Å². The maximum Gasteiger partial charge on any atom is 0.253 e. The van der Waals surface area contributed by atoms with Gasteiger partial charge in [0, 0.05) is 24.8 Å². The smallest absolute Gasteiger partial charge is 0.253 e. The van der Waals surface area contributed by atoms with Gasteiger partial charge in [0.15, 0.2) is 0 Å². The second-order valence-corrected chi connectivity index (χ2v) is 7.68. The minimum Gasteiger partial charge on any atom is -0.376 e. The lowest BCUT2D eigenvalue weighted by Crippen LogP contribution is -2.52. The summed E-state index contributed by atoms with van der Waals surface area (Å²) in [4.78, 5) is 29.2. The predicted octanol–water partition coefficient (Wildman–Crippen LogP) is 2.32. The number of ether oxygens (including phenoxy) is 1. The van der Waals surface area contributed by atoms with E-state index >= 15 is 0 Å². The van der Waals surface area contributed by atoms with E-state index in [2.05, 4.69) is 15.6 Å². The topological polar surface area (TPSA) is 104 Å². The molecule has 1 aromatic heterocycles. The second kappa shape index (κ2) is 9.65. The lowest BCUT2D eigenvalue weighted by atomic mass is 9.82. The van der Waals surface area contributed by atoms with Crippen molar-refractivity contribution in [3.63, 3.8) is 0 Å². The number of nitriles is 1. The Morgan fingerprint density at radius 1 is 1.25 bits per heavy atom. The van der Waals surface area contributed by atoms with Gasteiger partial charge in [0.2, 0.25) is 5.91 Å². The predicted molar refractivity (Wildman–Crippen MR) is 103 cm³/mol. The molecule has 2 aliphatic rings. The highest BCUT2D eigenvalue weighted by Crippen LogP contribution is 2.28. The summed E-state index contributed by atoms with van der Waals surface area (Å²) in [5.41, 5.74) is 0.667. The summed E-state index contributed by atoms with van der Waals surface area (Å²) in [6.45, 7) is 2.68. The Balaban J connectivity index is 1.64. The van der Waals surface area contributed by atoms with Gasteiger partial charge in [-0.15, -0.1) is 0 Å². The molecule has 3 atom stereocenters. The van der Waals surface area contributed by atoms with E-state index in [0.29, 0.717) is 24.6 Å². The number of nitrogens with zero attached hydrogens (tertiary/aromatic N) is 2. The summed E-state index contributed by atoms with van der Waals surface area (Å²) in [6.07, 6.45) is 7.61. The van der Waals surface area contributed by atoms with Crippen LogP contribution in [0.2, 0.25) is 0 Å². The molecule has 0 aromatic carbocycles. The van der Waals surface area contributed by atoms with Crippen LogP contribution in [0.3, 0.4) is 0 Å². The van der Waals surface area contributed by atoms with Crippen molar-refractivity contribution in [2.24, 2.45) is 5.92 Å². The lowest BCUT2D eigenvalue weighted by Gasteiger charge is -2.37. The maximum atomic E-state index is 12.7.